The summed E-state index contributed by atoms with van der Waals surface area (Å²) in [6, 6.07) is 4.53. The van der Waals surface area contributed by atoms with E-state index in [1.165, 1.54) is 12.1 Å². The number of carbonyl (C=O) groups is 1. The van der Waals surface area contributed by atoms with Crippen molar-refractivity contribution in [3.8, 4) is 0 Å². The summed E-state index contributed by atoms with van der Waals surface area (Å²) in [5.74, 6) is 0.270. The Labute approximate surface area is 162 Å². The number of hydrogen-bond donors (Lipinski definition) is 2. The number of nitrogens with zero attached hydrogens (tertiary/aromatic N) is 2. The van der Waals surface area contributed by atoms with Crippen LogP contribution in [0, 0.1) is 12.8 Å². The number of hydrogen-bond acceptors (Lipinski definition) is 3. The lowest BCUT2D eigenvalue weighted by atomic mass is 9.93. The second-order valence-electron chi connectivity index (χ2n) is 7.38. The van der Waals surface area contributed by atoms with Crippen LogP contribution in [0.4, 0.5) is 18.9 Å². The number of likely N-dealkylation sites (tertiary alicyclic amines) is 1. The van der Waals surface area contributed by atoms with E-state index in [4.69, 9.17) is 0 Å². The molecule has 2 heterocycles. The topological polar surface area (TPSA) is 61.0 Å². The molecule has 1 aromatic carbocycles. The Morgan fingerprint density at radius 3 is 2.71 bits per heavy atom. The molecule has 1 saturated heterocycles. The van der Waals surface area contributed by atoms with Crippen LogP contribution in [0.2, 0.25) is 0 Å². The van der Waals surface area contributed by atoms with Crippen molar-refractivity contribution in [2.45, 2.75) is 45.3 Å². The Kier molecular flexibility index (Phi) is 6.39. The number of aryl methyl sites for hydroxylation is 1. The summed E-state index contributed by atoms with van der Waals surface area (Å²) in [4.78, 5) is 22.0. The van der Waals surface area contributed by atoms with Crippen molar-refractivity contribution in [3.63, 3.8) is 0 Å². The Bertz CT molecular complexity index is 785. The standard InChI is InChI=1S/C20H25F3N4O/c1-14-18(25-13-24-14)12-27-10-2-3-15(11-27)4-9-19(28)26-17-7-5-16(6-8-17)20(21,22)23/h5-8,13,15H,2-4,9-12H2,1H3,(H,24,25)(H,26,28)/t15-/m0/s1. The Hall–Kier alpha value is -2.35. The number of aromatic amines is 1. The van der Waals surface area contributed by atoms with Gasteiger partial charge in [-0.05, 0) is 62.9 Å². The number of piperidine rings is 1. The van der Waals surface area contributed by atoms with Crippen LogP contribution in [0.15, 0.2) is 30.6 Å². The number of imidazole rings is 1. The SMILES string of the molecule is Cc1[nH]cnc1CN1CCC[C@@H](CCC(=O)Nc2ccc(C(F)(F)F)cc2)C1. The van der Waals surface area contributed by atoms with Gasteiger partial charge in [-0.15, -0.1) is 0 Å². The molecule has 8 heteroatoms. The van der Waals surface area contributed by atoms with Crippen molar-refractivity contribution in [3.05, 3.63) is 47.5 Å². The molecule has 5 nitrogen and oxygen atoms in total. The van der Waals surface area contributed by atoms with Crippen LogP contribution in [0.1, 0.15) is 42.6 Å². The summed E-state index contributed by atoms with van der Waals surface area (Å²) in [5, 5.41) is 2.68. The van der Waals surface area contributed by atoms with Crippen LogP contribution >= 0.6 is 0 Å². The summed E-state index contributed by atoms with van der Waals surface area (Å²) < 4.78 is 37.8. The van der Waals surface area contributed by atoms with E-state index in [0.717, 1.165) is 62.4 Å². The normalized spacial score (nSPS) is 18.2. The highest BCUT2D eigenvalue weighted by Gasteiger charge is 2.30. The van der Waals surface area contributed by atoms with Crippen LogP contribution in [-0.2, 0) is 17.5 Å². The van der Waals surface area contributed by atoms with E-state index >= 15 is 0 Å². The highest BCUT2D eigenvalue weighted by atomic mass is 19.4. The minimum atomic E-state index is -4.37. The van der Waals surface area contributed by atoms with Crippen molar-refractivity contribution in [2.24, 2.45) is 5.92 Å². The maximum absolute atomic E-state index is 12.6. The molecule has 2 aromatic rings. The lowest BCUT2D eigenvalue weighted by Crippen LogP contribution is -2.35. The molecule has 0 radical (unpaired) electrons. The summed E-state index contributed by atoms with van der Waals surface area (Å²) >= 11 is 0. The number of H-pyrrole nitrogens is 1. The monoisotopic (exact) mass is 394 g/mol. The molecule has 1 aliphatic rings. The minimum absolute atomic E-state index is 0.167. The average Bonchev–Trinajstić information content (AvgIpc) is 3.05. The Morgan fingerprint density at radius 2 is 2.07 bits per heavy atom. The maximum atomic E-state index is 12.6. The molecular weight excluding hydrogens is 369 g/mol. The van der Waals surface area contributed by atoms with E-state index in [0.29, 0.717) is 18.0 Å². The molecule has 1 amide bonds. The van der Waals surface area contributed by atoms with E-state index in [2.05, 4.69) is 20.2 Å². The number of amides is 1. The fourth-order valence-corrected chi connectivity index (χ4v) is 3.59. The van der Waals surface area contributed by atoms with Crippen molar-refractivity contribution < 1.29 is 18.0 Å². The summed E-state index contributed by atoms with van der Waals surface area (Å²) in [6.45, 7) is 4.78. The summed E-state index contributed by atoms with van der Waals surface area (Å²) in [6.07, 6.45) is 0.642. The van der Waals surface area contributed by atoms with Crippen molar-refractivity contribution >= 4 is 11.6 Å². The zero-order valence-electron chi connectivity index (χ0n) is 15.9. The average molecular weight is 394 g/mol. The molecule has 0 unspecified atom stereocenters. The molecule has 0 spiro atoms. The zero-order valence-corrected chi connectivity index (χ0v) is 15.9. The van der Waals surface area contributed by atoms with Gasteiger partial charge >= 0.3 is 6.18 Å². The van der Waals surface area contributed by atoms with Gasteiger partial charge in [-0.3, -0.25) is 9.69 Å². The first-order valence-electron chi connectivity index (χ1n) is 9.49. The van der Waals surface area contributed by atoms with Gasteiger partial charge in [0.1, 0.15) is 0 Å². The van der Waals surface area contributed by atoms with Crippen molar-refractivity contribution in [1.29, 1.82) is 0 Å². The van der Waals surface area contributed by atoms with Gasteiger partial charge in [0.15, 0.2) is 0 Å². The third-order valence-electron chi connectivity index (χ3n) is 5.19. The fraction of sp³-hybridized carbons (Fsp3) is 0.500. The Morgan fingerprint density at radius 1 is 1.32 bits per heavy atom. The number of benzene rings is 1. The van der Waals surface area contributed by atoms with Gasteiger partial charge < -0.3 is 10.3 Å². The molecule has 2 N–H and O–H groups in total. The van der Waals surface area contributed by atoms with Gasteiger partial charge in [-0.1, -0.05) is 0 Å². The van der Waals surface area contributed by atoms with Crippen LogP contribution in [-0.4, -0.2) is 33.9 Å². The van der Waals surface area contributed by atoms with Crippen LogP contribution in [0.5, 0.6) is 0 Å². The largest absolute Gasteiger partial charge is 0.416 e. The molecule has 3 rings (SSSR count). The molecule has 152 valence electrons. The molecule has 0 bridgehead atoms. The van der Waals surface area contributed by atoms with Gasteiger partial charge in [0.2, 0.25) is 5.91 Å². The molecule has 1 aliphatic heterocycles. The van der Waals surface area contributed by atoms with E-state index in [-0.39, 0.29) is 5.91 Å². The number of aromatic nitrogens is 2. The molecular formula is C20H25F3N4O. The molecule has 1 atom stereocenters. The highest BCUT2D eigenvalue weighted by molar-refractivity contribution is 5.90. The number of alkyl halides is 3. The number of anilines is 1. The van der Waals surface area contributed by atoms with Gasteiger partial charge in [0.25, 0.3) is 0 Å². The van der Waals surface area contributed by atoms with E-state index in [1.807, 2.05) is 6.92 Å². The molecule has 1 fully saturated rings. The lowest BCUT2D eigenvalue weighted by molar-refractivity contribution is -0.137. The smallest absolute Gasteiger partial charge is 0.348 e. The summed E-state index contributed by atoms with van der Waals surface area (Å²) in [7, 11) is 0. The molecule has 1 aromatic heterocycles. The van der Waals surface area contributed by atoms with Gasteiger partial charge in [-0.2, -0.15) is 13.2 Å². The molecule has 28 heavy (non-hydrogen) atoms. The number of halogens is 3. The first-order valence-corrected chi connectivity index (χ1v) is 9.49. The predicted molar refractivity (Wildman–Crippen MR) is 101 cm³/mol. The number of nitrogens with one attached hydrogen (secondary N) is 2. The highest BCUT2D eigenvalue weighted by Crippen LogP contribution is 2.30. The lowest BCUT2D eigenvalue weighted by Gasteiger charge is -2.32. The Balaban J connectivity index is 1.44. The van der Waals surface area contributed by atoms with Crippen molar-refractivity contribution in [1.82, 2.24) is 14.9 Å². The van der Waals surface area contributed by atoms with Gasteiger partial charge in [-0.25, -0.2) is 4.98 Å². The quantitative estimate of drug-likeness (QED) is 0.765. The third-order valence-corrected chi connectivity index (χ3v) is 5.19. The van der Waals surface area contributed by atoms with Gasteiger partial charge in [0.05, 0.1) is 17.6 Å². The van der Waals surface area contributed by atoms with Crippen LogP contribution in [0.25, 0.3) is 0 Å². The van der Waals surface area contributed by atoms with Gasteiger partial charge in [0, 0.05) is 30.9 Å². The second kappa shape index (κ2) is 8.77. The third kappa shape index (κ3) is 5.58. The van der Waals surface area contributed by atoms with Crippen LogP contribution in [0.3, 0.4) is 0 Å². The predicted octanol–water partition coefficient (Wildman–Crippen LogP) is 4.37. The fourth-order valence-electron chi connectivity index (χ4n) is 3.59. The van der Waals surface area contributed by atoms with E-state index in [9.17, 15) is 18.0 Å². The summed E-state index contributed by atoms with van der Waals surface area (Å²) in [5.41, 5.74) is 1.80. The first kappa shape index (κ1) is 20.4. The zero-order chi connectivity index (χ0) is 20.1. The number of carbonyl (C=O) groups excluding carboxylic acids is 1. The first-order chi connectivity index (χ1) is 13.3. The molecule has 0 saturated carbocycles. The van der Waals surface area contributed by atoms with Crippen molar-refractivity contribution in [2.75, 3.05) is 18.4 Å². The van der Waals surface area contributed by atoms with Crippen LogP contribution < -0.4 is 5.32 Å². The van der Waals surface area contributed by atoms with E-state index < -0.39 is 11.7 Å². The number of rotatable bonds is 6. The maximum Gasteiger partial charge on any atom is 0.416 e. The minimum Gasteiger partial charge on any atom is -0.348 e. The molecule has 0 aliphatic carbocycles. The second-order valence-corrected chi connectivity index (χ2v) is 7.38. The van der Waals surface area contributed by atoms with E-state index in [1.54, 1.807) is 6.33 Å².